The van der Waals surface area contributed by atoms with E-state index in [1.54, 1.807) is 6.07 Å². The van der Waals surface area contributed by atoms with Crippen LogP contribution in [0.2, 0.25) is 0 Å². The summed E-state index contributed by atoms with van der Waals surface area (Å²) in [5.74, 6) is 0.0184. The highest BCUT2D eigenvalue weighted by atomic mass is 79.9. The second-order valence-electron chi connectivity index (χ2n) is 4.25. The maximum absolute atomic E-state index is 13.5. The average Bonchev–Trinajstić information content (AvgIpc) is 2.96. The number of benzene rings is 1. The van der Waals surface area contributed by atoms with Gasteiger partial charge in [-0.2, -0.15) is 5.10 Å². The van der Waals surface area contributed by atoms with Crippen LogP contribution in [0.1, 0.15) is 12.2 Å². The molecule has 0 saturated heterocycles. The van der Waals surface area contributed by atoms with Crippen LogP contribution in [0.5, 0.6) is 5.75 Å². The molecule has 1 aromatic heterocycles. The third kappa shape index (κ3) is 5.14. The van der Waals surface area contributed by atoms with E-state index < -0.39 is 5.82 Å². The van der Waals surface area contributed by atoms with Crippen LogP contribution in [-0.4, -0.2) is 34.2 Å². The van der Waals surface area contributed by atoms with Crippen molar-refractivity contribution in [1.82, 2.24) is 20.5 Å². The second-order valence-corrected chi connectivity index (χ2v) is 5.16. The molecule has 2 rings (SSSR count). The van der Waals surface area contributed by atoms with Crippen LogP contribution < -0.4 is 10.1 Å². The Balaban J connectivity index is 1.65. The largest absolute Gasteiger partial charge is 0.481 e. The van der Waals surface area contributed by atoms with Crippen LogP contribution >= 0.6 is 15.9 Å². The minimum atomic E-state index is -0.512. The summed E-state index contributed by atoms with van der Waals surface area (Å²) in [4.78, 5) is 15.5. The molecule has 0 fully saturated rings. The van der Waals surface area contributed by atoms with Gasteiger partial charge in [0.25, 0.3) is 5.91 Å². The van der Waals surface area contributed by atoms with Crippen LogP contribution in [0.3, 0.4) is 0 Å². The zero-order valence-electron chi connectivity index (χ0n) is 11.1. The second kappa shape index (κ2) is 7.72. The molecular weight excluding hydrogens is 343 g/mol. The molecule has 0 aliphatic carbocycles. The number of nitrogens with zero attached hydrogens (tertiary/aromatic N) is 2. The summed E-state index contributed by atoms with van der Waals surface area (Å²) in [5.41, 5.74) is 0. The SMILES string of the molecule is O=C(COc1ccc(Br)cc1F)NCCCc1ncn[nH]1. The number of hydrogen-bond acceptors (Lipinski definition) is 4. The number of H-pyrrole nitrogens is 1. The van der Waals surface area contributed by atoms with Gasteiger partial charge in [-0.05, 0) is 24.6 Å². The van der Waals surface area contributed by atoms with Crippen LogP contribution in [0.25, 0.3) is 0 Å². The van der Waals surface area contributed by atoms with Crippen molar-refractivity contribution in [2.24, 2.45) is 0 Å². The summed E-state index contributed by atoms with van der Waals surface area (Å²) >= 11 is 3.15. The minimum Gasteiger partial charge on any atom is -0.481 e. The molecule has 1 aromatic carbocycles. The van der Waals surface area contributed by atoms with Gasteiger partial charge in [0.15, 0.2) is 18.2 Å². The summed E-state index contributed by atoms with van der Waals surface area (Å²) in [5, 5.41) is 9.16. The number of hydrogen-bond donors (Lipinski definition) is 2. The first-order valence-corrected chi connectivity index (χ1v) is 7.13. The molecule has 0 radical (unpaired) electrons. The van der Waals surface area contributed by atoms with Crippen molar-refractivity contribution >= 4 is 21.8 Å². The number of aryl methyl sites for hydroxylation is 1. The Hall–Kier alpha value is -1.96. The first kappa shape index (κ1) is 15.4. The molecule has 2 aromatic rings. The van der Waals surface area contributed by atoms with Crippen molar-refractivity contribution < 1.29 is 13.9 Å². The zero-order chi connectivity index (χ0) is 15.1. The lowest BCUT2D eigenvalue weighted by atomic mass is 10.3. The van der Waals surface area contributed by atoms with Crippen molar-refractivity contribution in [3.8, 4) is 5.75 Å². The molecule has 0 aliphatic rings. The number of nitrogens with one attached hydrogen (secondary N) is 2. The monoisotopic (exact) mass is 356 g/mol. The number of ether oxygens (including phenoxy) is 1. The van der Waals surface area contributed by atoms with Gasteiger partial charge in [0, 0.05) is 17.4 Å². The van der Waals surface area contributed by atoms with Crippen molar-refractivity contribution in [2.45, 2.75) is 12.8 Å². The summed E-state index contributed by atoms with van der Waals surface area (Å²) in [7, 11) is 0. The van der Waals surface area contributed by atoms with Crippen LogP contribution in [0.4, 0.5) is 4.39 Å². The van der Waals surface area contributed by atoms with E-state index in [0.717, 1.165) is 12.2 Å². The number of carbonyl (C=O) groups excluding carboxylic acids is 1. The van der Waals surface area contributed by atoms with E-state index in [4.69, 9.17) is 4.74 Å². The smallest absolute Gasteiger partial charge is 0.257 e. The molecule has 21 heavy (non-hydrogen) atoms. The van der Waals surface area contributed by atoms with Gasteiger partial charge in [-0.3, -0.25) is 9.89 Å². The molecule has 8 heteroatoms. The van der Waals surface area contributed by atoms with Gasteiger partial charge in [-0.25, -0.2) is 9.37 Å². The molecule has 112 valence electrons. The maximum atomic E-state index is 13.5. The average molecular weight is 357 g/mol. The molecule has 6 nitrogen and oxygen atoms in total. The zero-order valence-corrected chi connectivity index (χ0v) is 12.7. The molecular formula is C13H14BrFN4O2. The Labute approximate surface area is 129 Å². The van der Waals surface area contributed by atoms with E-state index in [2.05, 4.69) is 36.4 Å². The number of halogens is 2. The van der Waals surface area contributed by atoms with Crippen molar-refractivity contribution in [2.75, 3.05) is 13.2 Å². The highest BCUT2D eigenvalue weighted by Gasteiger charge is 2.07. The maximum Gasteiger partial charge on any atom is 0.257 e. The predicted octanol–water partition coefficient (Wildman–Crippen LogP) is 1.83. The lowest BCUT2D eigenvalue weighted by Gasteiger charge is -2.08. The van der Waals surface area contributed by atoms with Crippen LogP contribution in [0, 0.1) is 5.82 Å². The first-order chi connectivity index (χ1) is 10.1. The summed E-state index contributed by atoms with van der Waals surface area (Å²) in [6, 6.07) is 4.40. The Bertz CT molecular complexity index is 592. The fraction of sp³-hybridized carbons (Fsp3) is 0.308. The Morgan fingerprint density at radius 2 is 2.33 bits per heavy atom. The topological polar surface area (TPSA) is 79.9 Å². The highest BCUT2D eigenvalue weighted by Crippen LogP contribution is 2.21. The third-order valence-electron chi connectivity index (χ3n) is 2.63. The Morgan fingerprint density at radius 1 is 1.48 bits per heavy atom. The number of aromatic amines is 1. The number of aromatic nitrogens is 3. The lowest BCUT2D eigenvalue weighted by molar-refractivity contribution is -0.123. The minimum absolute atomic E-state index is 0.0509. The Morgan fingerprint density at radius 3 is 3.05 bits per heavy atom. The normalized spacial score (nSPS) is 10.4. The molecule has 1 amide bonds. The van der Waals surface area contributed by atoms with Gasteiger partial charge >= 0.3 is 0 Å². The van der Waals surface area contributed by atoms with Crippen molar-refractivity contribution in [3.05, 3.63) is 40.6 Å². The van der Waals surface area contributed by atoms with Gasteiger partial charge in [-0.1, -0.05) is 15.9 Å². The van der Waals surface area contributed by atoms with Gasteiger partial charge in [0.05, 0.1) is 0 Å². The fourth-order valence-electron chi connectivity index (χ4n) is 1.62. The van der Waals surface area contributed by atoms with Crippen molar-refractivity contribution in [3.63, 3.8) is 0 Å². The van der Waals surface area contributed by atoms with Crippen LogP contribution in [0.15, 0.2) is 29.0 Å². The Kier molecular flexibility index (Phi) is 5.68. The molecule has 0 atom stereocenters. The molecule has 0 bridgehead atoms. The number of carbonyl (C=O) groups is 1. The van der Waals surface area contributed by atoms with E-state index in [-0.39, 0.29) is 18.3 Å². The van der Waals surface area contributed by atoms with Gasteiger partial charge < -0.3 is 10.1 Å². The number of rotatable bonds is 7. The van der Waals surface area contributed by atoms with E-state index in [9.17, 15) is 9.18 Å². The quantitative estimate of drug-likeness (QED) is 0.741. The number of amides is 1. The highest BCUT2D eigenvalue weighted by molar-refractivity contribution is 9.10. The van der Waals surface area contributed by atoms with Crippen molar-refractivity contribution in [1.29, 1.82) is 0 Å². The van der Waals surface area contributed by atoms with E-state index >= 15 is 0 Å². The first-order valence-electron chi connectivity index (χ1n) is 6.34. The van der Waals surface area contributed by atoms with Crippen LogP contribution in [-0.2, 0) is 11.2 Å². The molecule has 1 heterocycles. The van der Waals surface area contributed by atoms with Gasteiger partial charge in [0.1, 0.15) is 12.2 Å². The third-order valence-corrected chi connectivity index (χ3v) is 3.12. The molecule has 0 saturated carbocycles. The fourth-order valence-corrected chi connectivity index (χ4v) is 1.95. The summed E-state index contributed by atoms with van der Waals surface area (Å²) < 4.78 is 19.2. The molecule has 0 spiro atoms. The van der Waals surface area contributed by atoms with E-state index in [1.165, 1.54) is 18.5 Å². The van der Waals surface area contributed by atoms with Gasteiger partial charge in [-0.15, -0.1) is 0 Å². The van der Waals surface area contributed by atoms with E-state index in [0.29, 0.717) is 17.4 Å². The molecule has 0 unspecified atom stereocenters. The standard InChI is InChI=1S/C13H14BrFN4O2/c14-9-3-4-11(10(15)6-9)21-7-13(20)16-5-1-2-12-17-8-18-19-12/h3-4,6,8H,1-2,5,7H2,(H,16,20)(H,17,18,19). The van der Waals surface area contributed by atoms with E-state index in [1.807, 2.05) is 0 Å². The molecule has 2 N–H and O–H groups in total. The predicted molar refractivity (Wildman–Crippen MR) is 77.3 cm³/mol. The lowest BCUT2D eigenvalue weighted by Crippen LogP contribution is -2.30. The summed E-state index contributed by atoms with van der Waals surface area (Å²) in [6.45, 7) is 0.270. The van der Waals surface area contributed by atoms with Gasteiger partial charge in [0.2, 0.25) is 0 Å². The summed E-state index contributed by atoms with van der Waals surface area (Å²) in [6.07, 6.45) is 2.87. The molecule has 0 aliphatic heterocycles.